The zero-order chi connectivity index (χ0) is 12.3. The van der Waals surface area contributed by atoms with E-state index in [-0.39, 0.29) is 5.82 Å². The van der Waals surface area contributed by atoms with Gasteiger partial charge >= 0.3 is 0 Å². The molecule has 0 radical (unpaired) electrons. The van der Waals surface area contributed by atoms with Gasteiger partial charge in [-0.1, -0.05) is 13.8 Å². The molecule has 0 aliphatic carbocycles. The van der Waals surface area contributed by atoms with Crippen molar-refractivity contribution in [3.8, 4) is 5.75 Å². The molecule has 0 spiro atoms. The fourth-order valence-electron chi connectivity index (χ4n) is 1.67. The Morgan fingerprint density at radius 3 is 2.38 bits per heavy atom. The van der Waals surface area contributed by atoms with Crippen molar-refractivity contribution in [1.82, 2.24) is 4.98 Å². The Hall–Kier alpha value is -1.51. The number of hydrogen-bond donors (Lipinski definition) is 1. The minimum Gasteiger partial charge on any atom is -0.494 e. The second kappa shape index (κ2) is 5.01. The van der Waals surface area contributed by atoms with Crippen molar-refractivity contribution in [3.05, 3.63) is 29.2 Å². The van der Waals surface area contributed by atoms with Crippen molar-refractivity contribution >= 4 is 10.9 Å². The molecule has 0 amide bonds. The Bertz CT molecular complexity index is 488. The van der Waals surface area contributed by atoms with Crippen LogP contribution in [-0.4, -0.2) is 12.1 Å². The molecule has 1 heterocycles. The third kappa shape index (κ3) is 1.90. The Labute approximate surface area is 95.4 Å². The topological polar surface area (TPSA) is 25.0 Å². The highest BCUT2D eigenvalue weighted by Crippen LogP contribution is 2.29. The molecule has 2 aromatic rings. The molecule has 16 heavy (non-hydrogen) atoms. The standard InChI is InChI=1S/C11H12FNO.C2H6/c1-6-7(2)13-8-4-5-9(14-3)11(12)10(6)8;1-2/h4-5,13H,1-3H3;1-2H3. The van der Waals surface area contributed by atoms with E-state index >= 15 is 0 Å². The number of ether oxygens (including phenoxy) is 1. The van der Waals surface area contributed by atoms with Crippen molar-refractivity contribution in [2.75, 3.05) is 7.11 Å². The first-order valence-corrected chi connectivity index (χ1v) is 5.46. The minimum absolute atomic E-state index is 0.285. The molecule has 0 bridgehead atoms. The second-order valence-corrected chi connectivity index (χ2v) is 3.38. The zero-order valence-electron chi connectivity index (χ0n) is 10.4. The van der Waals surface area contributed by atoms with Gasteiger partial charge in [-0.2, -0.15) is 0 Å². The van der Waals surface area contributed by atoms with Crippen LogP contribution in [-0.2, 0) is 0 Å². The van der Waals surface area contributed by atoms with Gasteiger partial charge in [0.05, 0.1) is 7.11 Å². The van der Waals surface area contributed by atoms with Crippen molar-refractivity contribution < 1.29 is 9.13 Å². The van der Waals surface area contributed by atoms with Crippen molar-refractivity contribution in [3.63, 3.8) is 0 Å². The molecule has 0 saturated heterocycles. The van der Waals surface area contributed by atoms with Crippen LogP contribution in [0.2, 0.25) is 0 Å². The van der Waals surface area contributed by atoms with Gasteiger partial charge < -0.3 is 9.72 Å². The van der Waals surface area contributed by atoms with Gasteiger partial charge in [0.2, 0.25) is 0 Å². The lowest BCUT2D eigenvalue weighted by Gasteiger charge is -2.02. The van der Waals surface area contributed by atoms with Gasteiger partial charge in [-0.25, -0.2) is 4.39 Å². The smallest absolute Gasteiger partial charge is 0.174 e. The molecule has 0 aliphatic rings. The van der Waals surface area contributed by atoms with Crippen LogP contribution >= 0.6 is 0 Å². The number of hydrogen-bond acceptors (Lipinski definition) is 1. The summed E-state index contributed by atoms with van der Waals surface area (Å²) in [5, 5.41) is 0.627. The van der Waals surface area contributed by atoms with Crippen LogP contribution in [0.15, 0.2) is 12.1 Å². The lowest BCUT2D eigenvalue weighted by atomic mass is 10.1. The molecule has 88 valence electrons. The van der Waals surface area contributed by atoms with Crippen LogP contribution in [0.5, 0.6) is 5.75 Å². The Balaban J connectivity index is 0.000000606. The molecule has 0 unspecified atom stereocenters. The van der Waals surface area contributed by atoms with E-state index in [1.165, 1.54) is 7.11 Å². The number of methoxy groups -OCH3 is 1. The predicted molar refractivity (Wildman–Crippen MR) is 65.6 cm³/mol. The number of fused-ring (bicyclic) bond motifs is 1. The SMILES string of the molecule is CC.COc1ccc2[nH]c(C)c(C)c2c1F. The molecule has 2 rings (SSSR count). The second-order valence-electron chi connectivity index (χ2n) is 3.38. The molecular formula is C13H18FNO. The zero-order valence-corrected chi connectivity index (χ0v) is 10.4. The first-order valence-electron chi connectivity index (χ1n) is 5.46. The van der Waals surface area contributed by atoms with E-state index in [2.05, 4.69) is 4.98 Å². The molecule has 0 fully saturated rings. The molecule has 0 aliphatic heterocycles. The Kier molecular flexibility index (Phi) is 3.93. The lowest BCUT2D eigenvalue weighted by molar-refractivity contribution is 0.389. The molecule has 0 atom stereocenters. The molecule has 1 aromatic carbocycles. The fraction of sp³-hybridized carbons (Fsp3) is 0.385. The average Bonchev–Trinajstić information content (AvgIpc) is 2.59. The van der Waals surface area contributed by atoms with E-state index in [4.69, 9.17) is 4.74 Å². The van der Waals surface area contributed by atoms with E-state index in [9.17, 15) is 4.39 Å². The highest BCUT2D eigenvalue weighted by molar-refractivity contribution is 5.86. The monoisotopic (exact) mass is 223 g/mol. The summed E-state index contributed by atoms with van der Waals surface area (Å²) >= 11 is 0. The first kappa shape index (κ1) is 12.6. The summed E-state index contributed by atoms with van der Waals surface area (Å²) in [6.45, 7) is 7.83. The van der Waals surface area contributed by atoms with Gasteiger partial charge in [0, 0.05) is 16.6 Å². The summed E-state index contributed by atoms with van der Waals surface area (Å²) in [5.41, 5.74) is 2.75. The van der Waals surface area contributed by atoms with Crippen molar-refractivity contribution in [2.24, 2.45) is 0 Å². The van der Waals surface area contributed by atoms with E-state index in [0.29, 0.717) is 11.1 Å². The largest absolute Gasteiger partial charge is 0.494 e. The van der Waals surface area contributed by atoms with Crippen LogP contribution in [0, 0.1) is 19.7 Å². The summed E-state index contributed by atoms with van der Waals surface area (Å²) in [4.78, 5) is 3.12. The molecule has 1 N–H and O–H groups in total. The normalized spacial score (nSPS) is 9.88. The van der Waals surface area contributed by atoms with Crippen LogP contribution in [0.25, 0.3) is 10.9 Å². The molecule has 0 saturated carbocycles. The highest BCUT2D eigenvalue weighted by Gasteiger charge is 2.12. The lowest BCUT2D eigenvalue weighted by Crippen LogP contribution is -1.88. The number of benzene rings is 1. The maximum atomic E-state index is 13.8. The third-order valence-electron chi connectivity index (χ3n) is 2.59. The summed E-state index contributed by atoms with van der Waals surface area (Å²) in [7, 11) is 1.47. The van der Waals surface area contributed by atoms with Crippen LogP contribution in [0.3, 0.4) is 0 Å². The van der Waals surface area contributed by atoms with Gasteiger partial charge in [0.1, 0.15) is 0 Å². The van der Waals surface area contributed by atoms with E-state index in [1.807, 2.05) is 33.8 Å². The van der Waals surface area contributed by atoms with Gasteiger partial charge in [0.15, 0.2) is 11.6 Å². The minimum atomic E-state index is -0.285. The fourth-order valence-corrected chi connectivity index (χ4v) is 1.67. The van der Waals surface area contributed by atoms with E-state index in [0.717, 1.165) is 16.8 Å². The number of aromatic amines is 1. The molecular weight excluding hydrogens is 205 g/mol. The number of aryl methyl sites for hydroxylation is 2. The quantitative estimate of drug-likeness (QED) is 0.777. The summed E-state index contributed by atoms with van der Waals surface area (Å²) in [6, 6.07) is 3.46. The van der Waals surface area contributed by atoms with Gasteiger partial charge in [0.25, 0.3) is 0 Å². The predicted octanol–water partition coefficient (Wildman–Crippen LogP) is 3.96. The first-order chi connectivity index (χ1) is 7.65. The Morgan fingerprint density at radius 2 is 1.81 bits per heavy atom. The maximum absolute atomic E-state index is 13.8. The van der Waals surface area contributed by atoms with Crippen LogP contribution in [0.1, 0.15) is 25.1 Å². The molecule has 1 aromatic heterocycles. The number of halogens is 1. The third-order valence-corrected chi connectivity index (χ3v) is 2.59. The molecule has 3 heteroatoms. The maximum Gasteiger partial charge on any atom is 0.174 e. The highest BCUT2D eigenvalue weighted by atomic mass is 19.1. The van der Waals surface area contributed by atoms with Crippen molar-refractivity contribution in [1.29, 1.82) is 0 Å². The van der Waals surface area contributed by atoms with Gasteiger partial charge in [-0.3, -0.25) is 0 Å². The Morgan fingerprint density at radius 1 is 1.19 bits per heavy atom. The number of rotatable bonds is 1. The summed E-state index contributed by atoms with van der Waals surface area (Å²) in [5.74, 6) is 0.00597. The number of nitrogens with one attached hydrogen (secondary N) is 1. The van der Waals surface area contributed by atoms with Crippen molar-refractivity contribution in [2.45, 2.75) is 27.7 Å². The summed E-state index contributed by atoms with van der Waals surface area (Å²) in [6.07, 6.45) is 0. The van der Waals surface area contributed by atoms with Crippen LogP contribution < -0.4 is 4.74 Å². The summed E-state index contributed by atoms with van der Waals surface area (Å²) < 4.78 is 18.7. The average molecular weight is 223 g/mol. The number of aromatic nitrogens is 1. The van der Waals surface area contributed by atoms with E-state index in [1.54, 1.807) is 6.07 Å². The van der Waals surface area contributed by atoms with E-state index < -0.39 is 0 Å². The van der Waals surface area contributed by atoms with Crippen LogP contribution in [0.4, 0.5) is 4.39 Å². The molecule has 2 nitrogen and oxygen atoms in total. The van der Waals surface area contributed by atoms with Gasteiger partial charge in [-0.15, -0.1) is 0 Å². The van der Waals surface area contributed by atoms with Gasteiger partial charge in [-0.05, 0) is 31.5 Å². The number of H-pyrrole nitrogens is 1.